The number of rotatable bonds is 1. The highest BCUT2D eigenvalue weighted by atomic mass is 19.1. The van der Waals surface area contributed by atoms with E-state index in [2.05, 4.69) is 15.0 Å². The molecular weight excluding hydrogens is 255 g/mol. The lowest BCUT2D eigenvalue weighted by molar-refractivity contribution is 0.471. The topological polar surface area (TPSA) is 115 Å². The van der Waals surface area contributed by atoms with Gasteiger partial charge in [-0.25, -0.2) is 14.2 Å². The number of aromatic hydroxyl groups is 1. The number of halogens is 1. The Morgan fingerprint density at radius 1 is 1.16 bits per heavy atom. The highest BCUT2D eigenvalue weighted by Gasteiger charge is 2.12. The first kappa shape index (κ1) is 11.2. The smallest absolute Gasteiger partial charge is 0.327 e. The summed E-state index contributed by atoms with van der Waals surface area (Å²) in [7, 11) is 0. The van der Waals surface area contributed by atoms with Crippen molar-refractivity contribution in [3.63, 3.8) is 0 Å². The number of hydrogen-bond donors (Lipinski definition) is 4. The molecule has 0 aliphatic rings. The summed E-state index contributed by atoms with van der Waals surface area (Å²) >= 11 is 0. The number of phenols is 1. The van der Waals surface area contributed by atoms with E-state index >= 15 is 0 Å². The number of fused-ring (bicyclic) bond motifs is 1. The van der Waals surface area contributed by atoms with Crippen molar-refractivity contribution in [1.29, 1.82) is 0 Å². The SMILES string of the molecule is O=c1[nH]c(=O)c2[nH]c(-c3ccc(F)cc3O)nc2[nH]1. The van der Waals surface area contributed by atoms with Crippen molar-refractivity contribution in [1.82, 2.24) is 19.9 Å². The van der Waals surface area contributed by atoms with Crippen molar-refractivity contribution in [3.8, 4) is 17.1 Å². The minimum atomic E-state index is -0.682. The minimum Gasteiger partial charge on any atom is -0.507 e. The van der Waals surface area contributed by atoms with Crippen LogP contribution >= 0.6 is 0 Å². The van der Waals surface area contributed by atoms with E-state index in [4.69, 9.17) is 0 Å². The van der Waals surface area contributed by atoms with Crippen LogP contribution in [0.15, 0.2) is 27.8 Å². The number of hydrogen-bond acceptors (Lipinski definition) is 4. The van der Waals surface area contributed by atoms with Gasteiger partial charge >= 0.3 is 5.69 Å². The molecule has 0 unspecified atom stereocenters. The number of aromatic amines is 3. The zero-order valence-electron chi connectivity index (χ0n) is 9.32. The Balaban J connectivity index is 2.29. The zero-order valence-corrected chi connectivity index (χ0v) is 9.32. The van der Waals surface area contributed by atoms with E-state index in [0.29, 0.717) is 0 Å². The van der Waals surface area contributed by atoms with Gasteiger partial charge in [-0.2, -0.15) is 0 Å². The van der Waals surface area contributed by atoms with Crippen LogP contribution in [0.2, 0.25) is 0 Å². The van der Waals surface area contributed by atoms with Crippen molar-refractivity contribution in [3.05, 3.63) is 44.9 Å². The fourth-order valence-corrected chi connectivity index (χ4v) is 1.77. The molecule has 0 fully saturated rings. The van der Waals surface area contributed by atoms with Crippen molar-refractivity contribution in [2.45, 2.75) is 0 Å². The molecule has 0 bridgehead atoms. The quantitative estimate of drug-likeness (QED) is 0.509. The van der Waals surface area contributed by atoms with Crippen molar-refractivity contribution in [2.24, 2.45) is 0 Å². The van der Waals surface area contributed by atoms with E-state index in [1.807, 2.05) is 4.98 Å². The van der Waals surface area contributed by atoms with Crippen LogP contribution in [0, 0.1) is 5.82 Å². The van der Waals surface area contributed by atoms with E-state index in [1.165, 1.54) is 6.07 Å². The second-order valence-electron chi connectivity index (χ2n) is 3.88. The molecule has 2 heterocycles. The van der Waals surface area contributed by atoms with Gasteiger partial charge in [-0.05, 0) is 12.1 Å². The normalized spacial score (nSPS) is 11.0. The number of aromatic nitrogens is 4. The maximum atomic E-state index is 12.9. The maximum Gasteiger partial charge on any atom is 0.327 e. The number of nitrogens with zero attached hydrogens (tertiary/aromatic N) is 1. The average molecular weight is 262 g/mol. The molecule has 1 aromatic carbocycles. The van der Waals surface area contributed by atoms with Crippen molar-refractivity contribution in [2.75, 3.05) is 0 Å². The highest BCUT2D eigenvalue weighted by molar-refractivity contribution is 5.76. The number of nitrogens with one attached hydrogen (secondary N) is 3. The molecule has 7 nitrogen and oxygen atoms in total. The Morgan fingerprint density at radius 3 is 2.68 bits per heavy atom. The fourth-order valence-electron chi connectivity index (χ4n) is 1.77. The molecule has 96 valence electrons. The van der Waals surface area contributed by atoms with Crippen LogP contribution in [0.4, 0.5) is 4.39 Å². The number of benzene rings is 1. The van der Waals surface area contributed by atoms with E-state index in [1.54, 1.807) is 0 Å². The van der Waals surface area contributed by atoms with Crippen LogP contribution in [-0.2, 0) is 0 Å². The van der Waals surface area contributed by atoms with Gasteiger partial charge in [0.15, 0.2) is 5.65 Å². The van der Waals surface area contributed by atoms with Gasteiger partial charge in [0.05, 0.1) is 5.56 Å². The van der Waals surface area contributed by atoms with Gasteiger partial charge in [-0.1, -0.05) is 0 Å². The molecule has 0 atom stereocenters. The molecule has 4 N–H and O–H groups in total. The molecule has 0 amide bonds. The van der Waals surface area contributed by atoms with Gasteiger partial charge in [0, 0.05) is 6.07 Å². The first-order valence-electron chi connectivity index (χ1n) is 5.26. The average Bonchev–Trinajstić information content (AvgIpc) is 2.72. The van der Waals surface area contributed by atoms with Gasteiger partial charge in [0.25, 0.3) is 5.56 Å². The second kappa shape index (κ2) is 3.80. The molecule has 0 aliphatic carbocycles. The Morgan fingerprint density at radius 2 is 1.95 bits per heavy atom. The summed E-state index contributed by atoms with van der Waals surface area (Å²) in [6.07, 6.45) is 0. The predicted molar refractivity (Wildman–Crippen MR) is 64.4 cm³/mol. The molecule has 19 heavy (non-hydrogen) atoms. The van der Waals surface area contributed by atoms with Gasteiger partial charge in [0.1, 0.15) is 22.9 Å². The third-order valence-corrected chi connectivity index (χ3v) is 2.60. The lowest BCUT2D eigenvalue weighted by atomic mass is 10.2. The van der Waals surface area contributed by atoms with Gasteiger partial charge in [-0.15, -0.1) is 0 Å². The lowest BCUT2D eigenvalue weighted by Crippen LogP contribution is -2.21. The monoisotopic (exact) mass is 262 g/mol. The largest absolute Gasteiger partial charge is 0.507 e. The van der Waals surface area contributed by atoms with Crippen molar-refractivity contribution < 1.29 is 9.50 Å². The third-order valence-electron chi connectivity index (χ3n) is 2.60. The summed E-state index contributed by atoms with van der Waals surface area (Å²) in [6.45, 7) is 0. The molecule has 0 saturated carbocycles. The molecule has 0 saturated heterocycles. The maximum absolute atomic E-state index is 12.9. The summed E-state index contributed by atoms with van der Waals surface area (Å²) in [5.74, 6) is -0.763. The van der Waals surface area contributed by atoms with E-state index < -0.39 is 17.1 Å². The molecule has 2 aromatic heterocycles. The Bertz CT molecular complexity index is 893. The zero-order chi connectivity index (χ0) is 13.6. The van der Waals surface area contributed by atoms with E-state index in [-0.39, 0.29) is 28.3 Å². The van der Waals surface area contributed by atoms with E-state index in [0.717, 1.165) is 12.1 Å². The van der Waals surface area contributed by atoms with Crippen LogP contribution < -0.4 is 11.2 Å². The second-order valence-corrected chi connectivity index (χ2v) is 3.88. The lowest BCUT2D eigenvalue weighted by Gasteiger charge is -1.99. The third kappa shape index (κ3) is 1.79. The number of H-pyrrole nitrogens is 3. The van der Waals surface area contributed by atoms with Crippen LogP contribution in [0.3, 0.4) is 0 Å². The Labute approximate surface area is 103 Å². The Kier molecular flexibility index (Phi) is 2.24. The molecule has 3 rings (SSSR count). The Hall–Kier alpha value is -2.90. The summed E-state index contributed by atoms with van der Waals surface area (Å²) in [4.78, 5) is 33.6. The van der Waals surface area contributed by atoms with Gasteiger partial charge in [-0.3, -0.25) is 14.8 Å². The predicted octanol–water partition coefficient (Wildman–Crippen LogP) is 0.451. The molecular formula is C11H7FN4O3. The highest BCUT2D eigenvalue weighted by Crippen LogP contribution is 2.27. The summed E-state index contributed by atoms with van der Waals surface area (Å²) in [5.41, 5.74) is -0.957. The first-order valence-corrected chi connectivity index (χ1v) is 5.26. The summed E-state index contributed by atoms with van der Waals surface area (Å²) in [5, 5.41) is 9.64. The molecule has 0 radical (unpaired) electrons. The van der Waals surface area contributed by atoms with Gasteiger partial charge < -0.3 is 10.1 Å². The first-order chi connectivity index (χ1) is 9.04. The molecule has 0 spiro atoms. The van der Waals surface area contributed by atoms with Crippen LogP contribution in [0.25, 0.3) is 22.6 Å². The molecule has 0 aliphatic heterocycles. The molecule has 8 heteroatoms. The minimum absolute atomic E-state index is 0.0625. The molecule has 3 aromatic rings. The van der Waals surface area contributed by atoms with Crippen molar-refractivity contribution >= 4 is 11.2 Å². The van der Waals surface area contributed by atoms with Crippen LogP contribution in [0.5, 0.6) is 5.75 Å². The van der Waals surface area contributed by atoms with Crippen LogP contribution in [0.1, 0.15) is 0 Å². The standard InChI is InChI=1S/C11H7FN4O3/c12-4-1-2-5(6(17)3-4)8-13-7-9(14-8)15-11(19)16-10(7)18/h1-3,17H,(H3,13,14,15,16,18,19). The summed E-state index contributed by atoms with van der Waals surface area (Å²) < 4.78 is 12.9. The fraction of sp³-hybridized carbons (Fsp3) is 0. The van der Waals surface area contributed by atoms with E-state index in [9.17, 15) is 19.1 Å². The number of imidazole rings is 1. The number of phenolic OH excluding ortho intramolecular Hbond substituents is 1. The van der Waals surface area contributed by atoms with Gasteiger partial charge in [0.2, 0.25) is 0 Å². The summed E-state index contributed by atoms with van der Waals surface area (Å²) in [6, 6.07) is 3.39. The van der Waals surface area contributed by atoms with Crippen LogP contribution in [-0.4, -0.2) is 25.0 Å².